The molecular formula is C22H24F3NO3. The Hall–Kier alpha value is -2.96. The minimum Gasteiger partial charge on any atom is -0.490 e. The van der Waals surface area contributed by atoms with Crippen molar-refractivity contribution in [1.29, 1.82) is 0 Å². The fraction of sp³-hybridized carbons (Fsp3) is 0.318. The molecule has 0 fully saturated rings. The summed E-state index contributed by atoms with van der Waals surface area (Å²) in [7, 11) is 0. The molecule has 0 aliphatic heterocycles. The van der Waals surface area contributed by atoms with Crippen molar-refractivity contribution < 1.29 is 27.4 Å². The van der Waals surface area contributed by atoms with Crippen molar-refractivity contribution >= 4 is 17.7 Å². The van der Waals surface area contributed by atoms with Gasteiger partial charge in [-0.2, -0.15) is 13.2 Å². The van der Waals surface area contributed by atoms with Crippen LogP contribution in [0.15, 0.2) is 48.5 Å². The quantitative estimate of drug-likeness (QED) is 0.414. The van der Waals surface area contributed by atoms with Gasteiger partial charge in [0.05, 0.1) is 18.8 Å². The van der Waals surface area contributed by atoms with Crippen LogP contribution in [0.5, 0.6) is 11.5 Å². The molecule has 0 heterocycles. The standard InChI is InChI=1S/C22H24F3NO3/c1-3-5-13-29-19-11-9-16(14-20(19)28-4-2)10-12-21(27)26-18-8-6-7-17(15-18)22(23,24)25/h6-12,14-15H,3-5,13H2,1-2H3,(H,26,27)/b12-10+. The van der Waals surface area contributed by atoms with Crippen LogP contribution in [0.4, 0.5) is 18.9 Å². The van der Waals surface area contributed by atoms with Crippen LogP contribution in [0.2, 0.25) is 0 Å². The van der Waals surface area contributed by atoms with Crippen molar-refractivity contribution in [2.24, 2.45) is 0 Å². The summed E-state index contributed by atoms with van der Waals surface area (Å²) in [6.45, 7) is 4.99. The minimum absolute atomic E-state index is 0.0733. The topological polar surface area (TPSA) is 47.6 Å². The number of rotatable bonds is 9. The van der Waals surface area contributed by atoms with E-state index in [0.29, 0.717) is 30.3 Å². The summed E-state index contributed by atoms with van der Waals surface area (Å²) in [5.41, 5.74) is -0.0427. The fourth-order valence-electron chi connectivity index (χ4n) is 2.47. The highest BCUT2D eigenvalue weighted by atomic mass is 19.4. The second-order valence-corrected chi connectivity index (χ2v) is 6.24. The number of benzene rings is 2. The Morgan fingerprint density at radius 1 is 1.07 bits per heavy atom. The predicted molar refractivity (Wildman–Crippen MR) is 107 cm³/mol. The molecule has 0 radical (unpaired) electrons. The van der Waals surface area contributed by atoms with E-state index >= 15 is 0 Å². The first-order valence-electron chi connectivity index (χ1n) is 9.39. The highest BCUT2D eigenvalue weighted by Gasteiger charge is 2.30. The molecule has 0 unspecified atom stereocenters. The molecular weight excluding hydrogens is 383 g/mol. The van der Waals surface area contributed by atoms with Gasteiger partial charge in [-0.25, -0.2) is 0 Å². The predicted octanol–water partition coefficient (Wildman–Crippen LogP) is 5.93. The summed E-state index contributed by atoms with van der Waals surface area (Å²) >= 11 is 0. The number of amides is 1. The first-order valence-corrected chi connectivity index (χ1v) is 9.39. The highest BCUT2D eigenvalue weighted by molar-refractivity contribution is 6.02. The van der Waals surface area contributed by atoms with Crippen LogP contribution < -0.4 is 14.8 Å². The van der Waals surface area contributed by atoms with Gasteiger partial charge in [-0.15, -0.1) is 0 Å². The highest BCUT2D eigenvalue weighted by Crippen LogP contribution is 2.31. The SMILES string of the molecule is CCCCOc1ccc(/C=C/C(=O)Nc2cccc(C(F)(F)F)c2)cc1OCC. The number of hydrogen-bond acceptors (Lipinski definition) is 3. The number of carbonyl (C=O) groups is 1. The van der Waals surface area contributed by atoms with E-state index in [1.807, 2.05) is 6.92 Å². The molecule has 7 heteroatoms. The van der Waals surface area contributed by atoms with Crippen LogP contribution in [-0.4, -0.2) is 19.1 Å². The first-order chi connectivity index (χ1) is 13.8. The summed E-state index contributed by atoms with van der Waals surface area (Å²) in [6, 6.07) is 9.78. The molecule has 0 aliphatic rings. The number of carbonyl (C=O) groups excluding carboxylic acids is 1. The Kier molecular flexibility index (Phi) is 8.12. The number of hydrogen-bond donors (Lipinski definition) is 1. The van der Waals surface area contributed by atoms with Crippen LogP contribution in [0, 0.1) is 0 Å². The maximum absolute atomic E-state index is 12.8. The van der Waals surface area contributed by atoms with E-state index in [2.05, 4.69) is 12.2 Å². The summed E-state index contributed by atoms with van der Waals surface area (Å²) < 4.78 is 49.6. The van der Waals surface area contributed by atoms with Crippen LogP contribution in [0.3, 0.4) is 0 Å². The molecule has 2 aromatic rings. The maximum atomic E-state index is 12.8. The molecule has 0 aliphatic carbocycles. The van der Waals surface area contributed by atoms with E-state index in [-0.39, 0.29) is 5.69 Å². The van der Waals surface area contributed by atoms with Crippen molar-refractivity contribution in [3.63, 3.8) is 0 Å². The van der Waals surface area contributed by atoms with Gasteiger partial charge in [0.2, 0.25) is 5.91 Å². The smallest absolute Gasteiger partial charge is 0.416 e. The van der Waals surface area contributed by atoms with Crippen LogP contribution in [0.25, 0.3) is 6.08 Å². The Balaban J connectivity index is 2.06. The second-order valence-electron chi connectivity index (χ2n) is 6.24. The van der Waals surface area contributed by atoms with Gasteiger partial charge in [-0.05, 0) is 55.3 Å². The number of nitrogens with one attached hydrogen (secondary N) is 1. The molecule has 0 bridgehead atoms. The van der Waals surface area contributed by atoms with Gasteiger partial charge < -0.3 is 14.8 Å². The Morgan fingerprint density at radius 3 is 2.55 bits per heavy atom. The molecule has 0 aromatic heterocycles. The molecule has 1 N–H and O–H groups in total. The lowest BCUT2D eigenvalue weighted by molar-refractivity contribution is -0.137. The van der Waals surface area contributed by atoms with Gasteiger partial charge in [-0.3, -0.25) is 4.79 Å². The molecule has 4 nitrogen and oxygen atoms in total. The molecule has 0 spiro atoms. The van der Waals surface area contributed by atoms with Crippen molar-refractivity contribution in [1.82, 2.24) is 0 Å². The van der Waals surface area contributed by atoms with E-state index in [4.69, 9.17) is 9.47 Å². The molecule has 1 amide bonds. The zero-order chi connectivity index (χ0) is 21.3. The number of alkyl halides is 3. The van der Waals surface area contributed by atoms with E-state index in [1.165, 1.54) is 18.2 Å². The minimum atomic E-state index is -4.47. The summed E-state index contributed by atoms with van der Waals surface area (Å²) in [5, 5.41) is 2.43. The zero-order valence-electron chi connectivity index (χ0n) is 16.4. The number of ether oxygens (including phenoxy) is 2. The third-order valence-corrected chi connectivity index (χ3v) is 3.91. The average molecular weight is 407 g/mol. The number of unbranched alkanes of at least 4 members (excludes halogenated alkanes) is 1. The van der Waals surface area contributed by atoms with E-state index in [1.54, 1.807) is 24.3 Å². The third-order valence-electron chi connectivity index (χ3n) is 3.91. The van der Waals surface area contributed by atoms with Gasteiger partial charge in [0.1, 0.15) is 0 Å². The average Bonchev–Trinajstić information content (AvgIpc) is 2.68. The largest absolute Gasteiger partial charge is 0.490 e. The molecule has 2 rings (SSSR count). The van der Waals surface area contributed by atoms with Crippen LogP contribution in [-0.2, 0) is 11.0 Å². The molecule has 0 saturated heterocycles. The monoisotopic (exact) mass is 407 g/mol. The Bertz CT molecular complexity index is 847. The lowest BCUT2D eigenvalue weighted by atomic mass is 10.1. The number of anilines is 1. The molecule has 29 heavy (non-hydrogen) atoms. The Labute approximate surface area is 168 Å². The normalized spacial score (nSPS) is 11.5. The zero-order valence-corrected chi connectivity index (χ0v) is 16.4. The van der Waals surface area contributed by atoms with Gasteiger partial charge in [0.15, 0.2) is 11.5 Å². The second kappa shape index (κ2) is 10.5. The van der Waals surface area contributed by atoms with Crippen molar-refractivity contribution in [3.05, 3.63) is 59.7 Å². The van der Waals surface area contributed by atoms with Gasteiger partial charge in [0, 0.05) is 11.8 Å². The summed E-state index contributed by atoms with van der Waals surface area (Å²) in [5.74, 6) is 0.667. The summed E-state index contributed by atoms with van der Waals surface area (Å²) in [6.07, 6.45) is 0.298. The van der Waals surface area contributed by atoms with Gasteiger partial charge in [0.25, 0.3) is 0 Å². The van der Waals surface area contributed by atoms with Crippen molar-refractivity contribution in [3.8, 4) is 11.5 Å². The fourth-order valence-corrected chi connectivity index (χ4v) is 2.47. The lowest BCUT2D eigenvalue weighted by Crippen LogP contribution is -2.10. The van der Waals surface area contributed by atoms with E-state index < -0.39 is 17.6 Å². The summed E-state index contributed by atoms with van der Waals surface area (Å²) in [4.78, 5) is 12.1. The van der Waals surface area contributed by atoms with Crippen molar-refractivity contribution in [2.75, 3.05) is 18.5 Å². The molecule has 0 saturated carbocycles. The van der Waals surface area contributed by atoms with Gasteiger partial charge in [-0.1, -0.05) is 25.5 Å². The van der Waals surface area contributed by atoms with Crippen molar-refractivity contribution in [2.45, 2.75) is 32.9 Å². The first kappa shape index (κ1) is 22.3. The number of halogens is 3. The van der Waals surface area contributed by atoms with E-state index in [9.17, 15) is 18.0 Å². The third kappa shape index (κ3) is 7.18. The Morgan fingerprint density at radius 2 is 1.86 bits per heavy atom. The molecule has 2 aromatic carbocycles. The molecule has 156 valence electrons. The molecule has 0 atom stereocenters. The lowest BCUT2D eigenvalue weighted by Gasteiger charge is -2.12. The van der Waals surface area contributed by atoms with Crippen LogP contribution >= 0.6 is 0 Å². The maximum Gasteiger partial charge on any atom is 0.416 e. The van der Waals surface area contributed by atoms with Crippen LogP contribution in [0.1, 0.15) is 37.8 Å². The van der Waals surface area contributed by atoms with E-state index in [0.717, 1.165) is 25.0 Å². The van der Waals surface area contributed by atoms with Gasteiger partial charge >= 0.3 is 6.18 Å².